The quantitative estimate of drug-likeness (QED) is 0.614. The van der Waals surface area contributed by atoms with Crippen LogP contribution in [0.15, 0.2) is 24.3 Å². The first-order chi connectivity index (χ1) is 9.02. The third-order valence-electron chi connectivity index (χ3n) is 3.25. The number of hydrogen-bond donors (Lipinski definition) is 4. The predicted octanol–water partition coefficient (Wildman–Crippen LogP) is -0.0654. The monoisotopic (exact) mass is 269 g/mol. The maximum Gasteiger partial charge on any atom is 0.157 e. The van der Waals surface area contributed by atoms with Crippen LogP contribution in [0.4, 0.5) is 5.69 Å². The second kappa shape index (κ2) is 5.75. The van der Waals surface area contributed by atoms with Crippen LogP contribution in [0.3, 0.4) is 0 Å². The molecule has 1 fully saturated rings. The van der Waals surface area contributed by atoms with Gasteiger partial charge in [-0.25, -0.2) is 0 Å². The van der Waals surface area contributed by atoms with Crippen LogP contribution in [0.2, 0.25) is 0 Å². The summed E-state index contributed by atoms with van der Waals surface area (Å²) in [6.07, 6.45) is -4.87. The molecule has 106 valence electrons. The van der Waals surface area contributed by atoms with Gasteiger partial charge in [-0.2, -0.15) is 0 Å². The van der Waals surface area contributed by atoms with Crippen LogP contribution in [0.5, 0.6) is 5.75 Å². The molecular weight excluding hydrogens is 250 g/mol. The van der Waals surface area contributed by atoms with E-state index in [9.17, 15) is 15.3 Å². The van der Waals surface area contributed by atoms with Gasteiger partial charge in [-0.05, 0) is 31.2 Å². The number of aliphatic hydroxyl groups excluding tert-OH is 3. The summed E-state index contributed by atoms with van der Waals surface area (Å²) in [6.45, 7) is 1.64. The fraction of sp³-hybridized carbons (Fsp3) is 0.538. The molecule has 0 unspecified atom stereocenters. The highest BCUT2D eigenvalue weighted by Gasteiger charge is 2.41. The van der Waals surface area contributed by atoms with E-state index in [1.165, 1.54) is 0 Å². The Hall–Kier alpha value is -1.34. The van der Waals surface area contributed by atoms with Crippen molar-refractivity contribution in [3.63, 3.8) is 0 Å². The lowest BCUT2D eigenvalue weighted by molar-refractivity contribution is -0.209. The van der Waals surface area contributed by atoms with Crippen molar-refractivity contribution in [1.29, 1.82) is 0 Å². The van der Waals surface area contributed by atoms with Crippen molar-refractivity contribution in [3.05, 3.63) is 24.3 Å². The average molecular weight is 269 g/mol. The topological polar surface area (TPSA) is 91.2 Å². The molecule has 0 radical (unpaired) electrons. The second-order valence-electron chi connectivity index (χ2n) is 4.61. The molecule has 4 N–H and O–H groups in total. The lowest BCUT2D eigenvalue weighted by atomic mass is 9.99. The lowest BCUT2D eigenvalue weighted by Gasteiger charge is -2.39. The molecule has 0 aromatic heterocycles. The van der Waals surface area contributed by atoms with Crippen LogP contribution in [0.25, 0.3) is 0 Å². The molecule has 1 aromatic carbocycles. The zero-order chi connectivity index (χ0) is 14.0. The molecule has 19 heavy (non-hydrogen) atoms. The summed E-state index contributed by atoms with van der Waals surface area (Å²) in [6, 6.07) is 7.09. The standard InChI is InChI=1S/C13H19NO5/c1-7-10(15)11(16)12(17)13(19-7)14-8-3-5-9(18-2)6-4-8/h3-7,10-17H,1-2H3/t7-,10+,11+,12+,13-/m1/s1. The summed E-state index contributed by atoms with van der Waals surface area (Å²) in [7, 11) is 1.58. The first-order valence-electron chi connectivity index (χ1n) is 6.13. The van der Waals surface area contributed by atoms with Crippen molar-refractivity contribution in [2.75, 3.05) is 12.4 Å². The minimum atomic E-state index is -1.24. The van der Waals surface area contributed by atoms with Gasteiger partial charge in [0.15, 0.2) is 6.23 Å². The van der Waals surface area contributed by atoms with Crippen molar-refractivity contribution in [1.82, 2.24) is 0 Å². The summed E-state index contributed by atoms with van der Waals surface area (Å²) in [5, 5.41) is 32.1. The Bertz CT molecular complexity index is 410. The van der Waals surface area contributed by atoms with E-state index in [1.54, 1.807) is 38.3 Å². The van der Waals surface area contributed by atoms with Crippen LogP contribution >= 0.6 is 0 Å². The third kappa shape index (κ3) is 2.98. The van der Waals surface area contributed by atoms with Crippen molar-refractivity contribution < 1.29 is 24.8 Å². The van der Waals surface area contributed by atoms with E-state index in [0.29, 0.717) is 0 Å². The van der Waals surface area contributed by atoms with Gasteiger partial charge in [0.2, 0.25) is 0 Å². The van der Waals surface area contributed by atoms with Crippen LogP contribution in [0.1, 0.15) is 6.92 Å². The first-order valence-corrected chi connectivity index (χ1v) is 6.13. The van der Waals surface area contributed by atoms with Gasteiger partial charge >= 0.3 is 0 Å². The molecule has 1 heterocycles. The molecule has 5 atom stereocenters. The molecule has 0 bridgehead atoms. The van der Waals surface area contributed by atoms with Crippen LogP contribution in [-0.4, -0.2) is 53.1 Å². The molecule has 0 aliphatic carbocycles. The molecule has 0 spiro atoms. The number of methoxy groups -OCH3 is 1. The molecule has 1 aliphatic heterocycles. The summed E-state index contributed by atoms with van der Waals surface area (Å²) < 4.78 is 10.5. The van der Waals surface area contributed by atoms with Gasteiger partial charge in [-0.15, -0.1) is 0 Å². The largest absolute Gasteiger partial charge is 0.497 e. The van der Waals surface area contributed by atoms with Crippen molar-refractivity contribution in [2.45, 2.75) is 37.6 Å². The SMILES string of the molecule is COc1ccc(N[C@@H]2O[C@H](C)[C@H](O)[C@H](O)[C@@H]2O)cc1. The maximum absolute atomic E-state index is 9.87. The van der Waals surface area contributed by atoms with Gasteiger partial charge in [0.25, 0.3) is 0 Å². The fourth-order valence-electron chi connectivity index (χ4n) is 2.02. The van der Waals surface area contributed by atoms with E-state index < -0.39 is 30.6 Å². The highest BCUT2D eigenvalue weighted by Crippen LogP contribution is 2.23. The van der Waals surface area contributed by atoms with E-state index in [2.05, 4.69) is 5.32 Å². The average Bonchev–Trinajstić information content (AvgIpc) is 2.43. The van der Waals surface area contributed by atoms with Gasteiger partial charge in [0.1, 0.15) is 24.1 Å². The first kappa shape index (κ1) is 14.1. The van der Waals surface area contributed by atoms with E-state index in [-0.39, 0.29) is 0 Å². The fourth-order valence-corrected chi connectivity index (χ4v) is 2.02. The molecule has 1 aliphatic rings. The van der Waals surface area contributed by atoms with Gasteiger partial charge in [0, 0.05) is 5.69 Å². The molecule has 1 aromatic rings. The third-order valence-corrected chi connectivity index (χ3v) is 3.25. The number of nitrogens with one attached hydrogen (secondary N) is 1. The van der Waals surface area contributed by atoms with E-state index in [0.717, 1.165) is 11.4 Å². The minimum absolute atomic E-state index is 0.561. The van der Waals surface area contributed by atoms with Crippen molar-refractivity contribution in [2.24, 2.45) is 0 Å². The van der Waals surface area contributed by atoms with Gasteiger partial charge in [0.05, 0.1) is 13.2 Å². The number of anilines is 1. The van der Waals surface area contributed by atoms with E-state index in [1.807, 2.05) is 0 Å². The summed E-state index contributed by atoms with van der Waals surface area (Å²) in [5.74, 6) is 0.722. The minimum Gasteiger partial charge on any atom is -0.497 e. The molecular formula is C13H19NO5. The molecule has 6 nitrogen and oxygen atoms in total. The highest BCUT2D eigenvalue weighted by molar-refractivity contribution is 5.47. The Morgan fingerprint density at radius 2 is 1.68 bits per heavy atom. The zero-order valence-corrected chi connectivity index (χ0v) is 10.9. The molecule has 2 rings (SSSR count). The summed E-state index contributed by atoms with van der Waals surface area (Å²) >= 11 is 0. The number of ether oxygens (including phenoxy) is 2. The molecule has 0 amide bonds. The Morgan fingerprint density at radius 3 is 2.26 bits per heavy atom. The second-order valence-corrected chi connectivity index (χ2v) is 4.61. The Labute approximate surface area is 111 Å². The Morgan fingerprint density at radius 1 is 1.05 bits per heavy atom. The van der Waals surface area contributed by atoms with Crippen molar-refractivity contribution >= 4 is 5.69 Å². The van der Waals surface area contributed by atoms with E-state index >= 15 is 0 Å². The number of aliphatic hydroxyl groups is 3. The summed E-state index contributed by atoms with van der Waals surface area (Å²) in [4.78, 5) is 0. The number of hydrogen-bond acceptors (Lipinski definition) is 6. The van der Waals surface area contributed by atoms with Gasteiger partial charge < -0.3 is 30.1 Å². The maximum atomic E-state index is 9.87. The summed E-state index contributed by atoms with van der Waals surface area (Å²) in [5.41, 5.74) is 0.723. The number of benzene rings is 1. The highest BCUT2D eigenvalue weighted by atomic mass is 16.5. The lowest BCUT2D eigenvalue weighted by Crippen LogP contribution is -2.58. The molecule has 6 heteroatoms. The van der Waals surface area contributed by atoms with Gasteiger partial charge in [-0.1, -0.05) is 0 Å². The van der Waals surface area contributed by atoms with Crippen LogP contribution in [0, 0.1) is 0 Å². The Balaban J connectivity index is 2.05. The van der Waals surface area contributed by atoms with Crippen molar-refractivity contribution in [3.8, 4) is 5.75 Å². The normalized spacial score (nSPS) is 34.9. The van der Waals surface area contributed by atoms with Gasteiger partial charge in [-0.3, -0.25) is 0 Å². The smallest absolute Gasteiger partial charge is 0.157 e. The van der Waals surface area contributed by atoms with E-state index in [4.69, 9.17) is 9.47 Å². The predicted molar refractivity (Wildman–Crippen MR) is 69.0 cm³/mol. The Kier molecular flexibility index (Phi) is 4.26. The van der Waals surface area contributed by atoms with Crippen LogP contribution in [-0.2, 0) is 4.74 Å². The zero-order valence-electron chi connectivity index (χ0n) is 10.9. The number of rotatable bonds is 3. The van der Waals surface area contributed by atoms with Crippen LogP contribution < -0.4 is 10.1 Å². The molecule has 0 saturated carbocycles. The molecule has 1 saturated heterocycles.